The van der Waals surface area contributed by atoms with Crippen molar-refractivity contribution in [2.75, 3.05) is 26.3 Å². The van der Waals surface area contributed by atoms with Crippen LogP contribution in [-0.2, 0) is 9.53 Å². The summed E-state index contributed by atoms with van der Waals surface area (Å²) < 4.78 is 5.45. The van der Waals surface area contributed by atoms with Crippen LogP contribution >= 0.6 is 0 Å². The summed E-state index contributed by atoms with van der Waals surface area (Å²) in [5.41, 5.74) is 0.366. The zero-order chi connectivity index (χ0) is 18.7. The molecule has 0 radical (unpaired) electrons. The summed E-state index contributed by atoms with van der Waals surface area (Å²) in [5.74, 6) is 1.48. The largest absolute Gasteiger partial charge is 0.392 e. The lowest BCUT2D eigenvalue weighted by atomic mass is 9.71. The van der Waals surface area contributed by atoms with Gasteiger partial charge in [-0.3, -0.25) is 9.69 Å². The number of nitrogens with zero attached hydrogens (tertiary/aromatic N) is 1. The Kier molecular flexibility index (Phi) is 6.63. The molecule has 150 valence electrons. The Morgan fingerprint density at radius 1 is 1.12 bits per heavy atom. The van der Waals surface area contributed by atoms with Crippen LogP contribution in [0.3, 0.4) is 0 Å². The molecule has 1 amide bonds. The van der Waals surface area contributed by atoms with Crippen LogP contribution < -0.4 is 5.32 Å². The molecule has 1 saturated carbocycles. The van der Waals surface area contributed by atoms with E-state index < -0.39 is 0 Å². The van der Waals surface area contributed by atoms with Crippen molar-refractivity contribution in [2.45, 2.75) is 83.9 Å². The van der Waals surface area contributed by atoms with Gasteiger partial charge >= 0.3 is 0 Å². The Balaban J connectivity index is 1.49. The van der Waals surface area contributed by atoms with Crippen LogP contribution in [0.15, 0.2) is 0 Å². The third-order valence-electron chi connectivity index (χ3n) is 6.82. The monoisotopic (exact) mass is 366 g/mol. The van der Waals surface area contributed by atoms with Crippen molar-refractivity contribution in [1.82, 2.24) is 10.2 Å². The SMILES string of the molecule is CC(C)(C)C1CCC(NC(=O)[C@@H]2C[C@@H](O)CN2CC2CCOCC2)CC1. The molecule has 1 aliphatic carbocycles. The van der Waals surface area contributed by atoms with E-state index in [1.807, 2.05) is 0 Å². The first kappa shape index (κ1) is 20.1. The number of rotatable bonds is 4. The Morgan fingerprint density at radius 3 is 2.38 bits per heavy atom. The molecule has 3 rings (SSSR count). The van der Waals surface area contributed by atoms with Gasteiger partial charge in [-0.1, -0.05) is 20.8 Å². The summed E-state index contributed by atoms with van der Waals surface area (Å²) in [6.45, 7) is 10.2. The molecular formula is C21H38N2O3. The fourth-order valence-electron chi connectivity index (χ4n) is 5.02. The van der Waals surface area contributed by atoms with Gasteiger partial charge in [0.25, 0.3) is 0 Å². The van der Waals surface area contributed by atoms with E-state index in [4.69, 9.17) is 4.74 Å². The van der Waals surface area contributed by atoms with Crippen molar-refractivity contribution in [1.29, 1.82) is 0 Å². The lowest BCUT2D eigenvalue weighted by Gasteiger charge is -2.38. The minimum atomic E-state index is -0.373. The smallest absolute Gasteiger partial charge is 0.237 e. The number of carbonyl (C=O) groups is 1. The molecular weight excluding hydrogens is 328 g/mol. The molecule has 2 saturated heterocycles. The molecule has 0 aromatic rings. The zero-order valence-corrected chi connectivity index (χ0v) is 16.9. The van der Waals surface area contributed by atoms with Crippen molar-refractivity contribution >= 4 is 5.91 Å². The summed E-state index contributed by atoms with van der Waals surface area (Å²) in [6.07, 6.45) is 6.91. The fraction of sp³-hybridized carbons (Fsp3) is 0.952. The van der Waals surface area contributed by atoms with Gasteiger partial charge in [-0.15, -0.1) is 0 Å². The third-order valence-corrected chi connectivity index (χ3v) is 6.82. The van der Waals surface area contributed by atoms with Crippen molar-refractivity contribution in [3.8, 4) is 0 Å². The number of hydrogen-bond donors (Lipinski definition) is 2. The van der Waals surface area contributed by atoms with E-state index in [2.05, 4.69) is 31.0 Å². The second-order valence-corrected chi connectivity index (χ2v) is 9.84. The maximum Gasteiger partial charge on any atom is 0.237 e. The molecule has 0 aromatic carbocycles. The lowest BCUT2D eigenvalue weighted by molar-refractivity contribution is -0.126. The predicted molar refractivity (Wildman–Crippen MR) is 103 cm³/mol. The van der Waals surface area contributed by atoms with Crippen molar-refractivity contribution < 1.29 is 14.6 Å². The molecule has 2 heterocycles. The van der Waals surface area contributed by atoms with Crippen LogP contribution in [0.2, 0.25) is 0 Å². The predicted octanol–water partition coefficient (Wildman–Crippen LogP) is 2.57. The molecule has 26 heavy (non-hydrogen) atoms. The molecule has 0 bridgehead atoms. The number of likely N-dealkylation sites (tertiary alicyclic amines) is 1. The second kappa shape index (κ2) is 8.57. The van der Waals surface area contributed by atoms with E-state index in [0.717, 1.165) is 51.4 Å². The number of hydrogen-bond acceptors (Lipinski definition) is 4. The Bertz CT molecular complexity index is 462. The first-order chi connectivity index (χ1) is 12.3. The van der Waals surface area contributed by atoms with Crippen LogP contribution in [0.4, 0.5) is 0 Å². The fourth-order valence-corrected chi connectivity index (χ4v) is 5.02. The Hall–Kier alpha value is -0.650. The van der Waals surface area contributed by atoms with Gasteiger partial charge in [-0.2, -0.15) is 0 Å². The number of nitrogens with one attached hydrogen (secondary N) is 1. The average molecular weight is 367 g/mol. The maximum atomic E-state index is 12.9. The first-order valence-corrected chi connectivity index (χ1v) is 10.6. The standard InChI is InChI=1S/C21H38N2O3/c1-21(2,3)16-4-6-17(7-5-16)22-20(25)19-12-18(24)14-23(19)13-15-8-10-26-11-9-15/h15-19,24H,4-14H2,1-3H3,(H,22,25)/t16?,17?,18-,19+/m1/s1. The van der Waals surface area contributed by atoms with Crippen LogP contribution in [-0.4, -0.2) is 60.4 Å². The minimum absolute atomic E-state index is 0.132. The molecule has 0 unspecified atom stereocenters. The van der Waals surface area contributed by atoms with Crippen molar-refractivity contribution in [3.63, 3.8) is 0 Å². The van der Waals surface area contributed by atoms with Gasteiger partial charge < -0.3 is 15.2 Å². The number of β-amino-alcohol motifs (C(OH)–C–C–N with tert-alkyl or cyclic N) is 1. The highest BCUT2D eigenvalue weighted by molar-refractivity contribution is 5.82. The average Bonchev–Trinajstić information content (AvgIpc) is 2.96. The van der Waals surface area contributed by atoms with E-state index in [1.165, 1.54) is 12.8 Å². The highest BCUT2D eigenvalue weighted by Crippen LogP contribution is 2.37. The summed E-state index contributed by atoms with van der Waals surface area (Å²) in [7, 11) is 0. The quantitative estimate of drug-likeness (QED) is 0.803. The molecule has 0 aromatic heterocycles. The van der Waals surface area contributed by atoms with Gasteiger partial charge in [-0.25, -0.2) is 0 Å². The number of ether oxygens (including phenoxy) is 1. The Morgan fingerprint density at radius 2 is 1.77 bits per heavy atom. The first-order valence-electron chi connectivity index (χ1n) is 10.6. The molecule has 5 nitrogen and oxygen atoms in total. The molecule has 2 N–H and O–H groups in total. The molecule has 0 spiro atoms. The topological polar surface area (TPSA) is 61.8 Å². The normalized spacial score (nSPS) is 34.8. The summed E-state index contributed by atoms with van der Waals surface area (Å²) in [4.78, 5) is 15.1. The van der Waals surface area contributed by atoms with Crippen molar-refractivity contribution in [2.24, 2.45) is 17.3 Å². The van der Waals surface area contributed by atoms with Crippen LogP contribution in [0.1, 0.15) is 65.7 Å². The zero-order valence-electron chi connectivity index (χ0n) is 16.9. The van der Waals surface area contributed by atoms with Crippen LogP contribution in [0.25, 0.3) is 0 Å². The van der Waals surface area contributed by atoms with Gasteiger partial charge in [0, 0.05) is 32.3 Å². The highest BCUT2D eigenvalue weighted by atomic mass is 16.5. The van der Waals surface area contributed by atoms with Gasteiger partial charge in [-0.05, 0) is 62.2 Å². The van der Waals surface area contributed by atoms with Gasteiger partial charge in [0.15, 0.2) is 0 Å². The van der Waals surface area contributed by atoms with Crippen LogP contribution in [0.5, 0.6) is 0 Å². The molecule has 3 fully saturated rings. The molecule has 3 aliphatic rings. The Labute approximate surface area is 158 Å². The van der Waals surface area contributed by atoms with Crippen LogP contribution in [0, 0.1) is 17.3 Å². The van der Waals surface area contributed by atoms with E-state index in [1.54, 1.807) is 0 Å². The second-order valence-electron chi connectivity index (χ2n) is 9.84. The number of aliphatic hydroxyl groups is 1. The summed E-state index contributed by atoms with van der Waals surface area (Å²) in [5, 5.41) is 13.4. The molecule has 2 atom stereocenters. The number of amides is 1. The van der Waals surface area contributed by atoms with E-state index in [-0.39, 0.29) is 18.1 Å². The number of aliphatic hydroxyl groups excluding tert-OH is 1. The number of carbonyl (C=O) groups excluding carboxylic acids is 1. The highest BCUT2D eigenvalue weighted by Gasteiger charge is 2.38. The third kappa shape index (κ3) is 5.20. The maximum absolute atomic E-state index is 12.9. The molecule has 5 heteroatoms. The van der Waals surface area contributed by atoms with Crippen molar-refractivity contribution in [3.05, 3.63) is 0 Å². The summed E-state index contributed by atoms with van der Waals surface area (Å²) >= 11 is 0. The minimum Gasteiger partial charge on any atom is -0.392 e. The molecule has 2 aliphatic heterocycles. The van der Waals surface area contributed by atoms with E-state index >= 15 is 0 Å². The van der Waals surface area contributed by atoms with Gasteiger partial charge in [0.05, 0.1) is 12.1 Å². The lowest BCUT2D eigenvalue weighted by Crippen LogP contribution is -2.49. The summed E-state index contributed by atoms with van der Waals surface area (Å²) in [6, 6.07) is 0.150. The van der Waals surface area contributed by atoms with Gasteiger partial charge in [0.2, 0.25) is 5.91 Å². The van der Waals surface area contributed by atoms with E-state index in [9.17, 15) is 9.90 Å². The van der Waals surface area contributed by atoms with E-state index in [0.29, 0.717) is 30.3 Å². The van der Waals surface area contributed by atoms with Gasteiger partial charge in [0.1, 0.15) is 0 Å².